The molecular formula is C10H16N2O2. The van der Waals surface area contributed by atoms with Crippen molar-refractivity contribution in [2.75, 3.05) is 7.11 Å². The molecule has 0 radical (unpaired) electrons. The van der Waals surface area contributed by atoms with Gasteiger partial charge in [-0.1, -0.05) is 13.3 Å². The van der Waals surface area contributed by atoms with Crippen molar-refractivity contribution in [2.24, 2.45) is 0 Å². The second-order valence-corrected chi connectivity index (χ2v) is 3.14. The lowest BCUT2D eigenvalue weighted by Crippen LogP contribution is -2.21. The van der Waals surface area contributed by atoms with Gasteiger partial charge in [0.25, 0.3) is 0 Å². The molecule has 1 heterocycles. The molecule has 2 atom stereocenters. The Hall–Kier alpha value is -1.00. The second-order valence-electron chi connectivity index (χ2n) is 3.14. The van der Waals surface area contributed by atoms with Crippen molar-refractivity contribution in [2.45, 2.75) is 32.0 Å². The van der Waals surface area contributed by atoms with Crippen molar-refractivity contribution in [1.29, 1.82) is 0 Å². The van der Waals surface area contributed by atoms with Gasteiger partial charge in [0.2, 0.25) is 0 Å². The summed E-state index contributed by atoms with van der Waals surface area (Å²) in [5.74, 6) is 0. The van der Waals surface area contributed by atoms with Crippen LogP contribution >= 0.6 is 0 Å². The molecule has 2 unspecified atom stereocenters. The van der Waals surface area contributed by atoms with Gasteiger partial charge in [-0.05, 0) is 6.42 Å². The molecule has 4 nitrogen and oxygen atoms in total. The van der Waals surface area contributed by atoms with Crippen LogP contribution in [0, 0.1) is 0 Å². The van der Waals surface area contributed by atoms with Crippen LogP contribution in [0.1, 0.15) is 31.6 Å². The van der Waals surface area contributed by atoms with Crippen LogP contribution in [-0.2, 0) is 4.74 Å². The number of aromatic nitrogens is 2. The normalized spacial score (nSPS) is 15.1. The lowest BCUT2D eigenvalue weighted by molar-refractivity contribution is -0.0201. The zero-order chi connectivity index (χ0) is 10.4. The Morgan fingerprint density at radius 3 is 2.79 bits per heavy atom. The number of ether oxygens (including phenoxy) is 1. The summed E-state index contributed by atoms with van der Waals surface area (Å²) in [7, 11) is 1.60. The van der Waals surface area contributed by atoms with Gasteiger partial charge in [0.1, 0.15) is 6.10 Å². The highest BCUT2D eigenvalue weighted by Crippen LogP contribution is 2.19. The van der Waals surface area contributed by atoms with Crippen molar-refractivity contribution < 1.29 is 9.84 Å². The highest BCUT2D eigenvalue weighted by atomic mass is 16.5. The SMILES string of the molecule is CCCC(OC)C(O)c1cnccn1. The van der Waals surface area contributed by atoms with Crippen LogP contribution in [0.15, 0.2) is 18.6 Å². The van der Waals surface area contributed by atoms with Gasteiger partial charge in [-0.2, -0.15) is 0 Å². The molecule has 1 N–H and O–H groups in total. The summed E-state index contributed by atoms with van der Waals surface area (Å²) in [6.07, 6.45) is 5.61. The molecule has 1 aromatic rings. The van der Waals surface area contributed by atoms with E-state index in [0.29, 0.717) is 5.69 Å². The molecule has 0 fully saturated rings. The van der Waals surface area contributed by atoms with Gasteiger partial charge < -0.3 is 9.84 Å². The van der Waals surface area contributed by atoms with Crippen LogP contribution in [0.2, 0.25) is 0 Å². The average Bonchev–Trinajstić information content (AvgIpc) is 2.26. The van der Waals surface area contributed by atoms with Crippen LogP contribution in [0.5, 0.6) is 0 Å². The minimum absolute atomic E-state index is 0.198. The molecule has 0 bridgehead atoms. The number of nitrogens with zero attached hydrogens (tertiary/aromatic N) is 2. The van der Waals surface area contributed by atoms with E-state index in [4.69, 9.17) is 4.74 Å². The number of rotatable bonds is 5. The zero-order valence-electron chi connectivity index (χ0n) is 8.55. The topological polar surface area (TPSA) is 55.2 Å². The molecule has 0 saturated carbocycles. The maximum Gasteiger partial charge on any atom is 0.124 e. The minimum atomic E-state index is -0.686. The Balaban J connectivity index is 2.67. The van der Waals surface area contributed by atoms with Crippen LogP contribution in [0.3, 0.4) is 0 Å². The Kier molecular flexibility index (Phi) is 4.49. The van der Waals surface area contributed by atoms with Crippen molar-refractivity contribution in [3.05, 3.63) is 24.3 Å². The van der Waals surface area contributed by atoms with E-state index >= 15 is 0 Å². The molecular weight excluding hydrogens is 180 g/mol. The van der Waals surface area contributed by atoms with Gasteiger partial charge >= 0.3 is 0 Å². The summed E-state index contributed by atoms with van der Waals surface area (Å²) >= 11 is 0. The molecule has 1 aromatic heterocycles. The number of hydrogen-bond acceptors (Lipinski definition) is 4. The average molecular weight is 196 g/mol. The van der Waals surface area contributed by atoms with Crippen LogP contribution in [0.4, 0.5) is 0 Å². The van der Waals surface area contributed by atoms with Gasteiger partial charge in [-0.25, -0.2) is 0 Å². The Morgan fingerprint density at radius 2 is 2.29 bits per heavy atom. The number of aliphatic hydroxyl groups excluding tert-OH is 1. The molecule has 0 spiro atoms. The van der Waals surface area contributed by atoms with Crippen LogP contribution in [0.25, 0.3) is 0 Å². The van der Waals surface area contributed by atoms with Crippen molar-refractivity contribution in [3.63, 3.8) is 0 Å². The summed E-state index contributed by atoms with van der Waals surface area (Å²) < 4.78 is 5.19. The van der Waals surface area contributed by atoms with E-state index < -0.39 is 6.10 Å². The predicted molar refractivity (Wildman–Crippen MR) is 52.7 cm³/mol. The Bertz CT molecular complexity index is 254. The summed E-state index contributed by atoms with van der Waals surface area (Å²) in [6.45, 7) is 2.05. The second kappa shape index (κ2) is 5.67. The highest BCUT2D eigenvalue weighted by Gasteiger charge is 2.20. The third-order valence-corrected chi connectivity index (χ3v) is 2.11. The van der Waals surface area contributed by atoms with E-state index in [1.54, 1.807) is 25.7 Å². The van der Waals surface area contributed by atoms with Gasteiger partial charge in [0.15, 0.2) is 0 Å². The lowest BCUT2D eigenvalue weighted by atomic mass is 10.1. The fraction of sp³-hybridized carbons (Fsp3) is 0.600. The van der Waals surface area contributed by atoms with E-state index in [1.807, 2.05) is 0 Å². The van der Waals surface area contributed by atoms with E-state index in [9.17, 15) is 5.11 Å². The molecule has 0 amide bonds. The molecule has 0 aliphatic rings. The molecule has 0 aliphatic heterocycles. The number of aliphatic hydroxyl groups is 1. The molecule has 0 aromatic carbocycles. The fourth-order valence-electron chi connectivity index (χ4n) is 1.34. The smallest absolute Gasteiger partial charge is 0.124 e. The summed E-state index contributed by atoms with van der Waals surface area (Å²) in [6, 6.07) is 0. The largest absolute Gasteiger partial charge is 0.384 e. The quantitative estimate of drug-likeness (QED) is 0.771. The van der Waals surface area contributed by atoms with E-state index in [1.165, 1.54) is 0 Å². The monoisotopic (exact) mass is 196 g/mol. The highest BCUT2D eigenvalue weighted by molar-refractivity contribution is 5.01. The van der Waals surface area contributed by atoms with E-state index in [-0.39, 0.29) is 6.10 Å². The first-order valence-electron chi connectivity index (χ1n) is 4.76. The minimum Gasteiger partial charge on any atom is -0.384 e. The van der Waals surface area contributed by atoms with Crippen LogP contribution < -0.4 is 0 Å². The third kappa shape index (κ3) is 2.75. The van der Waals surface area contributed by atoms with Gasteiger partial charge in [0, 0.05) is 19.5 Å². The summed E-state index contributed by atoms with van der Waals surface area (Å²) in [4.78, 5) is 7.94. The Morgan fingerprint density at radius 1 is 1.50 bits per heavy atom. The van der Waals surface area contributed by atoms with Gasteiger partial charge in [0.05, 0.1) is 18.0 Å². The number of methoxy groups -OCH3 is 1. The first-order chi connectivity index (χ1) is 6.79. The lowest BCUT2D eigenvalue weighted by Gasteiger charge is -2.19. The van der Waals surface area contributed by atoms with Crippen LogP contribution in [-0.4, -0.2) is 28.3 Å². The number of hydrogen-bond donors (Lipinski definition) is 1. The van der Waals surface area contributed by atoms with Crippen molar-refractivity contribution in [1.82, 2.24) is 9.97 Å². The molecule has 4 heteroatoms. The van der Waals surface area contributed by atoms with Gasteiger partial charge in [-0.15, -0.1) is 0 Å². The predicted octanol–water partition coefficient (Wildman–Crippen LogP) is 1.33. The Labute approximate surface area is 84.0 Å². The van der Waals surface area contributed by atoms with Gasteiger partial charge in [-0.3, -0.25) is 9.97 Å². The third-order valence-electron chi connectivity index (χ3n) is 2.11. The first-order valence-corrected chi connectivity index (χ1v) is 4.76. The maximum absolute atomic E-state index is 9.88. The summed E-state index contributed by atoms with van der Waals surface area (Å²) in [5, 5.41) is 9.88. The summed E-state index contributed by atoms with van der Waals surface area (Å²) in [5.41, 5.74) is 0.563. The molecule has 0 saturated heterocycles. The van der Waals surface area contributed by atoms with Crippen molar-refractivity contribution in [3.8, 4) is 0 Å². The zero-order valence-corrected chi connectivity index (χ0v) is 8.55. The standard InChI is InChI=1S/C10H16N2O2/c1-3-4-9(14-2)10(13)8-7-11-5-6-12-8/h5-7,9-10,13H,3-4H2,1-2H3. The molecule has 78 valence electrons. The van der Waals surface area contributed by atoms with E-state index in [0.717, 1.165) is 12.8 Å². The molecule has 14 heavy (non-hydrogen) atoms. The molecule has 1 rings (SSSR count). The maximum atomic E-state index is 9.88. The fourth-order valence-corrected chi connectivity index (χ4v) is 1.34. The first kappa shape index (κ1) is 11.1. The van der Waals surface area contributed by atoms with E-state index in [2.05, 4.69) is 16.9 Å². The van der Waals surface area contributed by atoms with Crippen molar-refractivity contribution >= 4 is 0 Å². The molecule has 0 aliphatic carbocycles.